The highest BCUT2D eigenvalue weighted by atomic mass is 32.1. The van der Waals surface area contributed by atoms with Gasteiger partial charge in [-0.2, -0.15) is 0 Å². The maximum Gasteiger partial charge on any atom is 0.494 e. The van der Waals surface area contributed by atoms with Crippen molar-refractivity contribution in [2.75, 3.05) is 0 Å². The monoisotopic (exact) mass is 540 g/mol. The molecule has 4 aromatic carbocycles. The van der Waals surface area contributed by atoms with Crippen LogP contribution in [0.2, 0.25) is 0 Å². The molecule has 1 aliphatic rings. The normalized spacial score (nSPS) is 16.1. The number of hydrogen-bond donors (Lipinski definition) is 0. The molecule has 6 heteroatoms. The summed E-state index contributed by atoms with van der Waals surface area (Å²) in [5.41, 5.74) is 6.47. The first-order valence-corrected chi connectivity index (χ1v) is 14.4. The van der Waals surface area contributed by atoms with E-state index < -0.39 is 18.3 Å². The molecule has 0 N–H and O–H groups in total. The van der Waals surface area contributed by atoms with Crippen molar-refractivity contribution in [2.45, 2.75) is 38.9 Å². The lowest BCUT2D eigenvalue weighted by Crippen LogP contribution is -2.41. The van der Waals surface area contributed by atoms with Gasteiger partial charge in [-0.3, -0.25) is 0 Å². The number of aromatic nitrogens is 2. The minimum absolute atomic E-state index is 0.405. The zero-order valence-corrected chi connectivity index (χ0v) is 23.8. The zero-order valence-electron chi connectivity index (χ0n) is 23.0. The highest BCUT2D eigenvalue weighted by Crippen LogP contribution is 2.40. The molecule has 0 unspecified atom stereocenters. The summed E-state index contributed by atoms with van der Waals surface area (Å²) in [6.07, 6.45) is 0. The predicted molar refractivity (Wildman–Crippen MR) is 167 cm³/mol. The number of benzene rings is 4. The second kappa shape index (κ2) is 9.38. The van der Waals surface area contributed by atoms with Crippen LogP contribution in [-0.2, 0) is 9.31 Å². The third-order valence-electron chi connectivity index (χ3n) is 8.16. The molecule has 40 heavy (non-hydrogen) atoms. The van der Waals surface area contributed by atoms with E-state index in [4.69, 9.17) is 19.3 Å². The van der Waals surface area contributed by atoms with E-state index in [0.29, 0.717) is 5.82 Å². The highest BCUT2D eigenvalue weighted by molar-refractivity contribution is 7.26. The molecule has 1 aliphatic heterocycles. The summed E-state index contributed by atoms with van der Waals surface area (Å²) in [7, 11) is -0.444. The lowest BCUT2D eigenvalue weighted by molar-refractivity contribution is 0.00578. The molecule has 6 aromatic rings. The first-order chi connectivity index (χ1) is 19.3. The Hall–Kier alpha value is -3.84. The summed E-state index contributed by atoms with van der Waals surface area (Å²) in [4.78, 5) is 10.3. The van der Waals surface area contributed by atoms with E-state index in [1.165, 1.54) is 15.8 Å². The number of hydrogen-bond acceptors (Lipinski definition) is 5. The van der Waals surface area contributed by atoms with Gasteiger partial charge in [0.2, 0.25) is 0 Å². The fourth-order valence-corrected chi connectivity index (χ4v) is 6.32. The third kappa shape index (κ3) is 4.24. The molecule has 0 aliphatic carbocycles. The van der Waals surface area contributed by atoms with Gasteiger partial charge in [-0.05, 0) is 50.4 Å². The number of thiophene rings is 1. The minimum Gasteiger partial charge on any atom is -0.399 e. The molecule has 1 saturated heterocycles. The van der Waals surface area contributed by atoms with Crippen molar-refractivity contribution in [3.8, 4) is 33.8 Å². The molecule has 1 fully saturated rings. The molecule has 0 bridgehead atoms. The Balaban J connectivity index is 1.36. The van der Waals surface area contributed by atoms with Gasteiger partial charge in [0, 0.05) is 21.2 Å². The van der Waals surface area contributed by atoms with Crippen molar-refractivity contribution in [1.82, 2.24) is 9.97 Å². The largest absolute Gasteiger partial charge is 0.494 e. The Morgan fingerprint density at radius 2 is 1.25 bits per heavy atom. The topological polar surface area (TPSA) is 44.2 Å². The van der Waals surface area contributed by atoms with Crippen molar-refractivity contribution in [3.05, 3.63) is 103 Å². The van der Waals surface area contributed by atoms with Gasteiger partial charge in [0.25, 0.3) is 0 Å². The van der Waals surface area contributed by atoms with Crippen LogP contribution in [0.15, 0.2) is 103 Å². The standard InChI is InChI=1S/C34H29BN2O2S/c1-33(2)34(3,4)39-35(38-33)26-14-10-13-25(21-26)32-36-29(31-30(37-32)27-15-8-9-16-28(27)40-31)24-19-17-23(18-20-24)22-11-6-5-7-12-22/h5-21H,1-4H3. The highest BCUT2D eigenvalue weighted by Gasteiger charge is 2.51. The van der Waals surface area contributed by atoms with Crippen LogP contribution in [0.5, 0.6) is 0 Å². The first-order valence-electron chi connectivity index (χ1n) is 13.6. The minimum atomic E-state index is -0.444. The Bertz CT molecular complexity index is 1850. The molecule has 0 spiro atoms. The van der Waals surface area contributed by atoms with E-state index in [9.17, 15) is 0 Å². The summed E-state index contributed by atoms with van der Waals surface area (Å²) in [5, 5.41) is 1.15. The second-order valence-corrected chi connectivity index (χ2v) is 12.4. The van der Waals surface area contributed by atoms with Gasteiger partial charge in [-0.25, -0.2) is 9.97 Å². The fourth-order valence-electron chi connectivity index (χ4n) is 5.17. The second-order valence-electron chi connectivity index (χ2n) is 11.3. The van der Waals surface area contributed by atoms with Gasteiger partial charge < -0.3 is 9.31 Å². The molecule has 0 radical (unpaired) electrons. The predicted octanol–water partition coefficient (Wildman–Crippen LogP) is 8.14. The quantitative estimate of drug-likeness (QED) is 0.212. The molecule has 196 valence electrons. The molecular weight excluding hydrogens is 511 g/mol. The summed E-state index contributed by atoms with van der Waals surface area (Å²) in [5.74, 6) is 0.691. The number of rotatable bonds is 4. The molecule has 4 nitrogen and oxygen atoms in total. The van der Waals surface area contributed by atoms with Crippen molar-refractivity contribution in [2.24, 2.45) is 0 Å². The smallest absolute Gasteiger partial charge is 0.399 e. The van der Waals surface area contributed by atoms with E-state index in [2.05, 4.69) is 113 Å². The SMILES string of the molecule is CC1(C)OB(c2cccc(-c3nc(-c4ccc(-c5ccccc5)cc4)c4sc5ccccc5c4n3)c2)OC1(C)C. The van der Waals surface area contributed by atoms with Crippen LogP contribution in [-0.4, -0.2) is 28.3 Å². The molecule has 0 amide bonds. The van der Waals surface area contributed by atoms with Crippen molar-refractivity contribution < 1.29 is 9.31 Å². The molecule has 0 atom stereocenters. The van der Waals surface area contributed by atoms with E-state index in [-0.39, 0.29) is 0 Å². The molecule has 0 saturated carbocycles. The summed E-state index contributed by atoms with van der Waals surface area (Å²) >= 11 is 1.75. The average Bonchev–Trinajstić information content (AvgIpc) is 3.46. The third-order valence-corrected chi connectivity index (χ3v) is 9.32. The lowest BCUT2D eigenvalue weighted by Gasteiger charge is -2.32. The van der Waals surface area contributed by atoms with Crippen LogP contribution >= 0.6 is 11.3 Å². The average molecular weight is 540 g/mol. The molecular formula is C34H29BN2O2S. The van der Waals surface area contributed by atoms with Crippen LogP contribution in [0.25, 0.3) is 54.1 Å². The summed E-state index contributed by atoms with van der Waals surface area (Å²) in [6, 6.07) is 35.8. The Labute approximate surface area is 238 Å². The van der Waals surface area contributed by atoms with Crippen molar-refractivity contribution in [3.63, 3.8) is 0 Å². The molecule has 3 heterocycles. The van der Waals surface area contributed by atoms with E-state index in [1.807, 2.05) is 18.2 Å². The summed E-state index contributed by atoms with van der Waals surface area (Å²) in [6.45, 7) is 8.30. The van der Waals surface area contributed by atoms with Crippen molar-refractivity contribution >= 4 is 44.2 Å². The summed E-state index contributed by atoms with van der Waals surface area (Å²) < 4.78 is 15.0. The number of nitrogens with zero attached hydrogens (tertiary/aromatic N) is 2. The first kappa shape index (κ1) is 25.2. The Morgan fingerprint density at radius 3 is 2.00 bits per heavy atom. The van der Waals surface area contributed by atoms with E-state index in [1.54, 1.807) is 11.3 Å². The van der Waals surface area contributed by atoms with Gasteiger partial charge in [-0.1, -0.05) is 97.1 Å². The van der Waals surface area contributed by atoms with Crippen LogP contribution < -0.4 is 5.46 Å². The fraction of sp³-hybridized carbons (Fsp3) is 0.176. The van der Waals surface area contributed by atoms with Crippen LogP contribution in [0.1, 0.15) is 27.7 Å². The van der Waals surface area contributed by atoms with Gasteiger partial charge >= 0.3 is 7.12 Å². The van der Waals surface area contributed by atoms with Crippen molar-refractivity contribution in [1.29, 1.82) is 0 Å². The maximum atomic E-state index is 6.34. The Morgan fingerprint density at radius 1 is 0.625 bits per heavy atom. The molecule has 7 rings (SSSR count). The van der Waals surface area contributed by atoms with Gasteiger partial charge in [0.15, 0.2) is 5.82 Å². The van der Waals surface area contributed by atoms with Gasteiger partial charge in [0.05, 0.1) is 27.1 Å². The lowest BCUT2D eigenvalue weighted by atomic mass is 9.78. The van der Waals surface area contributed by atoms with E-state index >= 15 is 0 Å². The van der Waals surface area contributed by atoms with Crippen LogP contribution in [0.3, 0.4) is 0 Å². The Kier molecular flexibility index (Phi) is 5.90. The van der Waals surface area contributed by atoms with E-state index in [0.717, 1.165) is 37.9 Å². The van der Waals surface area contributed by atoms with Gasteiger partial charge in [-0.15, -0.1) is 11.3 Å². The number of fused-ring (bicyclic) bond motifs is 3. The van der Waals surface area contributed by atoms with Crippen LogP contribution in [0, 0.1) is 0 Å². The maximum absolute atomic E-state index is 6.34. The van der Waals surface area contributed by atoms with Gasteiger partial charge in [0.1, 0.15) is 0 Å². The van der Waals surface area contributed by atoms with Crippen LogP contribution in [0.4, 0.5) is 0 Å². The zero-order chi connectivity index (χ0) is 27.5. The molecule has 2 aromatic heterocycles.